The fourth-order valence-electron chi connectivity index (χ4n) is 2.54. The van der Waals surface area contributed by atoms with Crippen molar-refractivity contribution in [3.05, 3.63) is 42.9 Å². The van der Waals surface area contributed by atoms with Crippen LogP contribution in [0.2, 0.25) is 0 Å². The van der Waals surface area contributed by atoms with Crippen molar-refractivity contribution in [2.45, 2.75) is 6.42 Å². The standard InChI is InChI=1S/C13H15N3/c1-2-4-12-9-16(8-6-11(12)3-1)13-5-7-14-10-15-13/h1-5,7,10-12H,6,8-9H2. The van der Waals surface area contributed by atoms with Crippen LogP contribution in [0.25, 0.3) is 0 Å². The highest BCUT2D eigenvalue weighted by molar-refractivity contribution is 5.38. The van der Waals surface area contributed by atoms with Gasteiger partial charge in [0.25, 0.3) is 0 Å². The highest BCUT2D eigenvalue weighted by atomic mass is 15.2. The summed E-state index contributed by atoms with van der Waals surface area (Å²) in [6.45, 7) is 2.17. The predicted molar refractivity (Wildman–Crippen MR) is 64.1 cm³/mol. The Labute approximate surface area is 95.5 Å². The molecule has 1 fully saturated rings. The van der Waals surface area contributed by atoms with Crippen molar-refractivity contribution in [3.8, 4) is 0 Å². The third-order valence-electron chi connectivity index (χ3n) is 3.43. The summed E-state index contributed by atoms with van der Waals surface area (Å²) in [7, 11) is 0. The highest BCUT2D eigenvalue weighted by Gasteiger charge is 2.27. The van der Waals surface area contributed by atoms with Gasteiger partial charge >= 0.3 is 0 Å². The Balaban J connectivity index is 1.76. The van der Waals surface area contributed by atoms with Crippen LogP contribution in [0.3, 0.4) is 0 Å². The molecule has 1 aromatic rings. The van der Waals surface area contributed by atoms with Gasteiger partial charge in [0.15, 0.2) is 0 Å². The minimum absolute atomic E-state index is 0.647. The number of nitrogens with zero attached hydrogens (tertiary/aromatic N) is 3. The molecule has 2 heterocycles. The summed E-state index contributed by atoms with van der Waals surface area (Å²) < 4.78 is 0. The molecular formula is C13H15N3. The van der Waals surface area contributed by atoms with E-state index in [4.69, 9.17) is 0 Å². The van der Waals surface area contributed by atoms with Gasteiger partial charge in [0.2, 0.25) is 0 Å². The van der Waals surface area contributed by atoms with Crippen LogP contribution in [-0.4, -0.2) is 23.1 Å². The lowest BCUT2D eigenvalue weighted by Crippen LogP contribution is -2.40. The molecule has 1 aromatic heterocycles. The third kappa shape index (κ3) is 1.73. The SMILES string of the molecule is C1=CC2CCN(c3ccncn3)CC2C=C1. The number of rotatable bonds is 1. The molecule has 0 saturated carbocycles. The van der Waals surface area contributed by atoms with Gasteiger partial charge in [0.05, 0.1) is 0 Å². The Hall–Kier alpha value is -1.64. The maximum Gasteiger partial charge on any atom is 0.131 e. The van der Waals surface area contributed by atoms with Gasteiger partial charge in [-0.15, -0.1) is 0 Å². The quantitative estimate of drug-likeness (QED) is 0.715. The van der Waals surface area contributed by atoms with Crippen LogP contribution in [0.1, 0.15) is 6.42 Å². The van der Waals surface area contributed by atoms with E-state index in [1.54, 1.807) is 6.33 Å². The normalized spacial score (nSPS) is 27.9. The van der Waals surface area contributed by atoms with E-state index in [0.717, 1.165) is 24.8 Å². The molecular weight excluding hydrogens is 198 g/mol. The summed E-state index contributed by atoms with van der Waals surface area (Å²) in [5.41, 5.74) is 0. The van der Waals surface area contributed by atoms with E-state index in [2.05, 4.69) is 39.2 Å². The Kier molecular flexibility index (Phi) is 2.44. The van der Waals surface area contributed by atoms with Gasteiger partial charge in [-0.1, -0.05) is 24.3 Å². The van der Waals surface area contributed by atoms with Gasteiger partial charge in [-0.2, -0.15) is 0 Å². The summed E-state index contributed by atoms with van der Waals surface area (Å²) >= 11 is 0. The van der Waals surface area contributed by atoms with Crippen molar-refractivity contribution in [2.24, 2.45) is 11.8 Å². The second-order valence-electron chi connectivity index (χ2n) is 4.40. The zero-order valence-corrected chi connectivity index (χ0v) is 9.16. The molecule has 0 N–H and O–H groups in total. The van der Waals surface area contributed by atoms with Crippen molar-refractivity contribution in [3.63, 3.8) is 0 Å². The van der Waals surface area contributed by atoms with Crippen molar-refractivity contribution in [1.82, 2.24) is 9.97 Å². The predicted octanol–water partition coefficient (Wildman–Crippen LogP) is 2.05. The molecule has 2 aliphatic rings. The van der Waals surface area contributed by atoms with Gasteiger partial charge < -0.3 is 4.90 Å². The smallest absolute Gasteiger partial charge is 0.131 e. The molecule has 82 valence electrons. The summed E-state index contributed by atoms with van der Waals surface area (Å²) in [6, 6.07) is 1.99. The number of hydrogen-bond acceptors (Lipinski definition) is 3. The fraction of sp³-hybridized carbons (Fsp3) is 0.385. The summed E-state index contributed by atoms with van der Waals surface area (Å²) in [6.07, 6.45) is 13.6. The lowest BCUT2D eigenvalue weighted by molar-refractivity contribution is 0.386. The van der Waals surface area contributed by atoms with Crippen LogP contribution < -0.4 is 4.90 Å². The first kappa shape index (κ1) is 9.58. The van der Waals surface area contributed by atoms with E-state index in [9.17, 15) is 0 Å². The van der Waals surface area contributed by atoms with E-state index >= 15 is 0 Å². The molecule has 2 unspecified atom stereocenters. The summed E-state index contributed by atoms with van der Waals surface area (Å²) in [5.74, 6) is 2.42. The molecule has 3 heteroatoms. The number of fused-ring (bicyclic) bond motifs is 1. The minimum Gasteiger partial charge on any atom is -0.356 e. The first-order valence-electron chi connectivity index (χ1n) is 5.79. The zero-order chi connectivity index (χ0) is 10.8. The number of piperidine rings is 1. The molecule has 1 saturated heterocycles. The summed E-state index contributed by atoms with van der Waals surface area (Å²) in [5, 5.41) is 0. The van der Waals surface area contributed by atoms with E-state index in [-0.39, 0.29) is 0 Å². The zero-order valence-electron chi connectivity index (χ0n) is 9.16. The fourth-order valence-corrected chi connectivity index (χ4v) is 2.54. The lowest BCUT2D eigenvalue weighted by Gasteiger charge is -2.37. The molecule has 0 radical (unpaired) electrons. The Morgan fingerprint density at radius 3 is 2.88 bits per heavy atom. The average Bonchev–Trinajstić information content (AvgIpc) is 2.39. The van der Waals surface area contributed by atoms with E-state index < -0.39 is 0 Å². The second kappa shape index (κ2) is 4.08. The first-order chi connectivity index (χ1) is 7.93. The van der Waals surface area contributed by atoms with Crippen molar-refractivity contribution < 1.29 is 0 Å². The number of hydrogen-bond donors (Lipinski definition) is 0. The Bertz CT molecular complexity index is 410. The number of aromatic nitrogens is 2. The van der Waals surface area contributed by atoms with E-state index in [1.165, 1.54) is 6.42 Å². The van der Waals surface area contributed by atoms with Gasteiger partial charge in [-0.25, -0.2) is 9.97 Å². The van der Waals surface area contributed by atoms with Crippen LogP contribution in [0.15, 0.2) is 42.9 Å². The Morgan fingerprint density at radius 2 is 2.06 bits per heavy atom. The third-order valence-corrected chi connectivity index (χ3v) is 3.43. The lowest BCUT2D eigenvalue weighted by atomic mass is 9.83. The van der Waals surface area contributed by atoms with Crippen LogP contribution in [0, 0.1) is 11.8 Å². The number of anilines is 1. The van der Waals surface area contributed by atoms with E-state index in [1.807, 2.05) is 12.3 Å². The molecule has 0 aromatic carbocycles. The highest BCUT2D eigenvalue weighted by Crippen LogP contribution is 2.30. The molecule has 0 bridgehead atoms. The van der Waals surface area contributed by atoms with Gasteiger partial charge in [-0.05, 0) is 18.4 Å². The Morgan fingerprint density at radius 1 is 1.19 bits per heavy atom. The van der Waals surface area contributed by atoms with E-state index in [0.29, 0.717) is 5.92 Å². The monoisotopic (exact) mass is 213 g/mol. The topological polar surface area (TPSA) is 29.0 Å². The second-order valence-corrected chi connectivity index (χ2v) is 4.40. The molecule has 16 heavy (non-hydrogen) atoms. The molecule has 1 aliphatic carbocycles. The first-order valence-corrected chi connectivity index (χ1v) is 5.79. The van der Waals surface area contributed by atoms with Crippen molar-refractivity contribution >= 4 is 5.82 Å². The molecule has 0 amide bonds. The maximum absolute atomic E-state index is 4.31. The molecule has 0 spiro atoms. The largest absolute Gasteiger partial charge is 0.356 e. The molecule has 2 atom stereocenters. The average molecular weight is 213 g/mol. The van der Waals surface area contributed by atoms with Crippen molar-refractivity contribution in [2.75, 3.05) is 18.0 Å². The minimum atomic E-state index is 0.647. The molecule has 3 rings (SSSR count). The van der Waals surface area contributed by atoms with Gasteiger partial charge in [-0.3, -0.25) is 0 Å². The van der Waals surface area contributed by atoms with Gasteiger partial charge in [0, 0.05) is 25.2 Å². The maximum atomic E-state index is 4.31. The molecule has 3 nitrogen and oxygen atoms in total. The summed E-state index contributed by atoms with van der Waals surface area (Å²) in [4.78, 5) is 10.6. The molecule has 1 aliphatic heterocycles. The van der Waals surface area contributed by atoms with Crippen LogP contribution in [0.4, 0.5) is 5.82 Å². The van der Waals surface area contributed by atoms with Crippen LogP contribution in [0.5, 0.6) is 0 Å². The van der Waals surface area contributed by atoms with Gasteiger partial charge in [0.1, 0.15) is 12.1 Å². The van der Waals surface area contributed by atoms with Crippen molar-refractivity contribution in [1.29, 1.82) is 0 Å². The van der Waals surface area contributed by atoms with Crippen LogP contribution in [-0.2, 0) is 0 Å². The van der Waals surface area contributed by atoms with Crippen LogP contribution >= 0.6 is 0 Å². The number of allylic oxidation sites excluding steroid dienone is 3.